The van der Waals surface area contributed by atoms with Gasteiger partial charge in [-0.1, -0.05) is 0 Å². The highest BCUT2D eigenvalue weighted by atomic mass is 16.2. The van der Waals surface area contributed by atoms with E-state index in [2.05, 4.69) is 24.1 Å². The Labute approximate surface area is 124 Å². The van der Waals surface area contributed by atoms with Gasteiger partial charge in [0.2, 0.25) is 0 Å². The Kier molecular flexibility index (Phi) is 2.55. The fourth-order valence-electron chi connectivity index (χ4n) is 4.03. The van der Waals surface area contributed by atoms with E-state index in [0.29, 0.717) is 12.5 Å². The summed E-state index contributed by atoms with van der Waals surface area (Å²) in [7, 11) is 0. The molecular weight excluding hydrogens is 264 g/mol. The summed E-state index contributed by atoms with van der Waals surface area (Å²) in [5.74, 6) is 0.772. The summed E-state index contributed by atoms with van der Waals surface area (Å²) in [5, 5.41) is 3.32. The lowest BCUT2D eigenvalue weighted by molar-refractivity contribution is 0.0764. The standard InChI is InChI=1S/C16H22N4O/c1-9-4-18-10(2)13-12(5-19-14(9)13)15(21)20-6-11-3-16(11,7-17)8-20/h4-5,10-11,18-19H,3,6-8,17H2,1-2H3/t10?,11-,16?/m0/s1. The van der Waals surface area contributed by atoms with E-state index in [4.69, 9.17) is 5.73 Å². The highest BCUT2D eigenvalue weighted by Gasteiger charge is 2.59. The van der Waals surface area contributed by atoms with Crippen molar-refractivity contribution in [1.82, 2.24) is 15.2 Å². The number of hydrogen-bond donors (Lipinski definition) is 3. The fraction of sp³-hybridized carbons (Fsp3) is 0.562. The van der Waals surface area contributed by atoms with Crippen molar-refractivity contribution in [2.75, 3.05) is 19.6 Å². The van der Waals surface area contributed by atoms with Crippen LogP contribution in [0.4, 0.5) is 0 Å². The molecule has 3 aliphatic rings. The fourth-order valence-corrected chi connectivity index (χ4v) is 4.03. The average molecular weight is 286 g/mol. The molecule has 4 rings (SSSR count). The van der Waals surface area contributed by atoms with Crippen LogP contribution >= 0.6 is 0 Å². The van der Waals surface area contributed by atoms with E-state index in [9.17, 15) is 4.79 Å². The van der Waals surface area contributed by atoms with E-state index in [1.165, 1.54) is 6.42 Å². The van der Waals surface area contributed by atoms with Gasteiger partial charge in [-0.2, -0.15) is 0 Å². The van der Waals surface area contributed by atoms with E-state index in [0.717, 1.165) is 35.5 Å². The lowest BCUT2D eigenvalue weighted by Crippen LogP contribution is -2.34. The van der Waals surface area contributed by atoms with E-state index in [1.54, 1.807) is 0 Å². The molecule has 21 heavy (non-hydrogen) atoms. The number of carbonyl (C=O) groups is 1. The van der Waals surface area contributed by atoms with Crippen molar-refractivity contribution >= 4 is 11.5 Å². The van der Waals surface area contributed by atoms with Crippen molar-refractivity contribution in [3.05, 3.63) is 29.2 Å². The molecular formula is C16H22N4O. The minimum Gasteiger partial charge on any atom is -0.384 e. The van der Waals surface area contributed by atoms with Gasteiger partial charge in [-0.15, -0.1) is 0 Å². The quantitative estimate of drug-likeness (QED) is 0.770. The largest absolute Gasteiger partial charge is 0.384 e. The van der Waals surface area contributed by atoms with Crippen molar-refractivity contribution in [2.24, 2.45) is 17.1 Å². The maximum absolute atomic E-state index is 12.9. The van der Waals surface area contributed by atoms with Crippen LogP contribution in [0.2, 0.25) is 0 Å². The molecule has 5 nitrogen and oxygen atoms in total. The number of H-pyrrole nitrogens is 1. The summed E-state index contributed by atoms with van der Waals surface area (Å²) < 4.78 is 0. The van der Waals surface area contributed by atoms with E-state index in [1.807, 2.05) is 17.3 Å². The number of hydrogen-bond acceptors (Lipinski definition) is 3. The van der Waals surface area contributed by atoms with Crippen LogP contribution in [0.3, 0.4) is 0 Å². The molecule has 2 aliphatic heterocycles. The number of piperidine rings is 1. The molecule has 0 aromatic carbocycles. The number of amides is 1. The monoisotopic (exact) mass is 286 g/mol. The molecule has 0 spiro atoms. The lowest BCUT2D eigenvalue weighted by Gasteiger charge is -2.24. The number of nitrogens with zero attached hydrogens (tertiary/aromatic N) is 1. The van der Waals surface area contributed by atoms with Crippen molar-refractivity contribution in [3.8, 4) is 0 Å². The third-order valence-corrected chi connectivity index (χ3v) is 5.53. The summed E-state index contributed by atoms with van der Waals surface area (Å²) in [6.07, 6.45) is 5.07. The molecule has 0 bridgehead atoms. The second-order valence-electron chi connectivity index (χ2n) is 6.86. The zero-order chi connectivity index (χ0) is 14.8. The number of carbonyl (C=O) groups excluding carboxylic acids is 1. The van der Waals surface area contributed by atoms with Gasteiger partial charge in [-0.05, 0) is 38.3 Å². The number of likely N-dealkylation sites (tertiary alicyclic amines) is 1. The number of rotatable bonds is 2. The van der Waals surface area contributed by atoms with Gasteiger partial charge in [0.15, 0.2) is 0 Å². The first-order valence-electron chi connectivity index (χ1n) is 7.69. The predicted molar refractivity (Wildman–Crippen MR) is 81.5 cm³/mol. The lowest BCUT2D eigenvalue weighted by atomic mass is 9.97. The maximum atomic E-state index is 12.9. The normalized spacial score (nSPS) is 33.1. The van der Waals surface area contributed by atoms with Crippen LogP contribution < -0.4 is 11.1 Å². The molecule has 2 unspecified atom stereocenters. The first kappa shape index (κ1) is 13.0. The van der Waals surface area contributed by atoms with Gasteiger partial charge in [0.1, 0.15) is 0 Å². The van der Waals surface area contributed by atoms with Gasteiger partial charge in [0.25, 0.3) is 5.91 Å². The molecule has 1 aromatic rings. The van der Waals surface area contributed by atoms with Crippen LogP contribution in [0, 0.1) is 11.3 Å². The van der Waals surface area contributed by atoms with Crippen LogP contribution in [0.5, 0.6) is 0 Å². The Morgan fingerprint density at radius 3 is 3.10 bits per heavy atom. The Morgan fingerprint density at radius 1 is 1.57 bits per heavy atom. The van der Waals surface area contributed by atoms with Gasteiger partial charge in [-0.3, -0.25) is 4.79 Å². The summed E-state index contributed by atoms with van der Waals surface area (Å²) in [6, 6.07) is 0.162. The highest BCUT2D eigenvalue weighted by Crippen LogP contribution is 2.57. The maximum Gasteiger partial charge on any atom is 0.255 e. The topological polar surface area (TPSA) is 74.2 Å². The van der Waals surface area contributed by atoms with Gasteiger partial charge in [-0.25, -0.2) is 0 Å². The molecule has 5 heteroatoms. The second-order valence-corrected chi connectivity index (χ2v) is 6.86. The Balaban J connectivity index is 1.64. The van der Waals surface area contributed by atoms with Crippen LogP contribution in [-0.2, 0) is 0 Å². The number of nitrogens with one attached hydrogen (secondary N) is 2. The molecule has 1 aliphatic carbocycles. The predicted octanol–water partition coefficient (Wildman–Crippen LogP) is 1.46. The molecule has 1 saturated heterocycles. The molecule has 2 fully saturated rings. The first-order chi connectivity index (χ1) is 10.1. The van der Waals surface area contributed by atoms with Crippen LogP contribution in [-0.4, -0.2) is 35.4 Å². The van der Waals surface area contributed by atoms with E-state index < -0.39 is 0 Å². The summed E-state index contributed by atoms with van der Waals surface area (Å²) in [6.45, 7) is 6.54. The second kappa shape index (κ2) is 4.13. The first-order valence-corrected chi connectivity index (χ1v) is 7.69. The molecule has 3 heterocycles. The average Bonchev–Trinajstić information content (AvgIpc) is 2.88. The van der Waals surface area contributed by atoms with Gasteiger partial charge >= 0.3 is 0 Å². The number of fused-ring (bicyclic) bond motifs is 2. The number of nitrogens with two attached hydrogens (primary N) is 1. The van der Waals surface area contributed by atoms with Gasteiger partial charge < -0.3 is 20.9 Å². The van der Waals surface area contributed by atoms with Crippen LogP contribution in [0.15, 0.2) is 12.4 Å². The minimum absolute atomic E-state index is 0.149. The molecule has 112 valence electrons. The number of allylic oxidation sites excluding steroid dienone is 1. The zero-order valence-corrected chi connectivity index (χ0v) is 12.6. The smallest absolute Gasteiger partial charge is 0.255 e. The molecule has 3 atom stereocenters. The molecule has 1 aromatic heterocycles. The Hall–Kier alpha value is -1.75. The summed E-state index contributed by atoms with van der Waals surface area (Å²) in [4.78, 5) is 18.1. The third-order valence-electron chi connectivity index (χ3n) is 5.53. The van der Waals surface area contributed by atoms with Gasteiger partial charge in [0.05, 0.1) is 11.6 Å². The summed E-state index contributed by atoms with van der Waals surface area (Å²) >= 11 is 0. The molecule has 1 amide bonds. The van der Waals surface area contributed by atoms with Crippen molar-refractivity contribution in [1.29, 1.82) is 0 Å². The molecule has 0 radical (unpaired) electrons. The van der Waals surface area contributed by atoms with E-state index >= 15 is 0 Å². The van der Waals surface area contributed by atoms with Gasteiger partial charge in [0, 0.05) is 42.2 Å². The Bertz CT molecular complexity index is 643. The summed E-state index contributed by atoms with van der Waals surface area (Å²) in [5.41, 5.74) is 10.2. The third kappa shape index (κ3) is 1.70. The SMILES string of the molecule is CC1=CNC(C)c2c(C(=O)N3C[C@@H]4CC4(CN)C3)c[nH]c21. The molecule has 1 saturated carbocycles. The zero-order valence-electron chi connectivity index (χ0n) is 12.6. The number of aromatic amines is 1. The highest BCUT2D eigenvalue weighted by molar-refractivity contribution is 5.97. The van der Waals surface area contributed by atoms with Crippen molar-refractivity contribution in [2.45, 2.75) is 26.3 Å². The van der Waals surface area contributed by atoms with Crippen LogP contribution in [0.25, 0.3) is 5.57 Å². The Morgan fingerprint density at radius 2 is 2.38 bits per heavy atom. The van der Waals surface area contributed by atoms with Crippen molar-refractivity contribution in [3.63, 3.8) is 0 Å². The minimum atomic E-state index is 0.149. The van der Waals surface area contributed by atoms with Crippen LogP contribution in [0.1, 0.15) is 47.9 Å². The molecule has 4 N–H and O–H groups in total. The van der Waals surface area contributed by atoms with Crippen molar-refractivity contribution < 1.29 is 4.79 Å². The van der Waals surface area contributed by atoms with E-state index in [-0.39, 0.29) is 17.4 Å². The number of aromatic nitrogens is 1.